The number of hydrogen-bond acceptors (Lipinski definition) is 6. The van der Waals surface area contributed by atoms with Gasteiger partial charge in [-0.2, -0.15) is 0 Å². The maximum absolute atomic E-state index is 12.7. The van der Waals surface area contributed by atoms with Crippen molar-refractivity contribution in [3.63, 3.8) is 0 Å². The Morgan fingerprint density at radius 3 is 2.54 bits per heavy atom. The Kier molecular flexibility index (Phi) is 4.43. The number of amidine groups is 1. The number of amides is 1. The van der Waals surface area contributed by atoms with E-state index in [2.05, 4.69) is 10.3 Å². The number of aliphatic imine (C=N–C) groups is 1. The molecule has 7 heteroatoms. The zero-order valence-corrected chi connectivity index (χ0v) is 16.0. The largest absolute Gasteiger partial charge is 0.493 e. The lowest BCUT2D eigenvalue weighted by molar-refractivity contribution is -0.117. The number of methoxy groups -OCH3 is 3. The Bertz CT molecular complexity index is 1030. The summed E-state index contributed by atoms with van der Waals surface area (Å²) >= 11 is 0. The molecule has 0 bridgehead atoms. The lowest BCUT2D eigenvalue weighted by Gasteiger charge is -2.29. The van der Waals surface area contributed by atoms with Gasteiger partial charge in [0.05, 0.1) is 32.5 Å². The molecule has 0 radical (unpaired) electrons. The summed E-state index contributed by atoms with van der Waals surface area (Å²) in [5.41, 5.74) is 2.89. The van der Waals surface area contributed by atoms with Crippen LogP contribution in [0.1, 0.15) is 16.7 Å². The van der Waals surface area contributed by atoms with Crippen LogP contribution < -0.4 is 24.3 Å². The minimum Gasteiger partial charge on any atom is -0.493 e. The average molecular weight is 380 g/mol. The van der Waals surface area contributed by atoms with Crippen LogP contribution in [0.25, 0.3) is 6.08 Å². The fraction of sp³-hybridized carbons (Fsp3) is 0.238. The number of benzene rings is 2. The highest BCUT2D eigenvalue weighted by Gasteiger charge is 2.34. The lowest BCUT2D eigenvalue weighted by Crippen LogP contribution is -2.44. The van der Waals surface area contributed by atoms with Crippen molar-refractivity contribution in [1.29, 1.82) is 0 Å². The molecule has 144 valence electrons. The Balaban J connectivity index is 1.81. The van der Waals surface area contributed by atoms with E-state index in [1.165, 1.54) is 14.2 Å². The lowest BCUT2D eigenvalue weighted by atomic mass is 10.0. The van der Waals surface area contributed by atoms with E-state index >= 15 is 0 Å². The van der Waals surface area contributed by atoms with Crippen LogP contribution >= 0.6 is 0 Å². The van der Waals surface area contributed by atoms with E-state index < -0.39 is 6.23 Å². The SMILES string of the molecule is COc1ccc(C2=N[C@H]3Oc4c(C)cccc4C=C3C(=O)N2)c(OC)c1OC. The molecule has 28 heavy (non-hydrogen) atoms. The predicted molar refractivity (Wildman–Crippen MR) is 104 cm³/mol. The second kappa shape index (κ2) is 6.92. The van der Waals surface area contributed by atoms with Gasteiger partial charge in [-0.15, -0.1) is 0 Å². The maximum Gasteiger partial charge on any atom is 0.258 e. The first-order valence-electron chi connectivity index (χ1n) is 8.73. The highest BCUT2D eigenvalue weighted by atomic mass is 16.5. The summed E-state index contributed by atoms with van der Waals surface area (Å²) in [5.74, 6) is 2.17. The van der Waals surface area contributed by atoms with Crippen molar-refractivity contribution < 1.29 is 23.7 Å². The first kappa shape index (κ1) is 17.9. The number of hydrogen-bond donors (Lipinski definition) is 1. The number of aryl methyl sites for hydroxylation is 1. The minimum absolute atomic E-state index is 0.265. The average Bonchev–Trinajstić information content (AvgIpc) is 2.71. The number of rotatable bonds is 4. The standard InChI is InChI=1S/C21H20N2O5/c1-11-6-5-7-12-10-14-20(24)22-19(23-21(14)28-16(11)12)13-8-9-15(25-2)18(27-4)17(13)26-3/h5-10,21H,1-4H3,(H,22,23,24)/t21-/m0/s1. The molecule has 0 spiro atoms. The smallest absolute Gasteiger partial charge is 0.258 e. The summed E-state index contributed by atoms with van der Waals surface area (Å²) in [5, 5.41) is 2.83. The summed E-state index contributed by atoms with van der Waals surface area (Å²) in [4.78, 5) is 17.4. The number of nitrogens with one attached hydrogen (secondary N) is 1. The van der Waals surface area contributed by atoms with Crippen LogP contribution in [-0.2, 0) is 4.79 Å². The molecule has 2 heterocycles. The van der Waals surface area contributed by atoms with Crippen molar-refractivity contribution in [1.82, 2.24) is 5.32 Å². The van der Waals surface area contributed by atoms with E-state index in [0.29, 0.717) is 34.2 Å². The van der Waals surface area contributed by atoms with Crippen LogP contribution in [0, 0.1) is 6.92 Å². The van der Waals surface area contributed by atoms with Gasteiger partial charge in [0.2, 0.25) is 12.0 Å². The molecule has 1 atom stereocenters. The molecular formula is C21H20N2O5. The van der Waals surface area contributed by atoms with Gasteiger partial charge in [-0.25, -0.2) is 4.99 Å². The molecule has 7 nitrogen and oxygen atoms in total. The van der Waals surface area contributed by atoms with E-state index in [1.807, 2.05) is 31.2 Å². The number of carbonyl (C=O) groups is 1. The van der Waals surface area contributed by atoms with Crippen molar-refractivity contribution >= 4 is 17.8 Å². The summed E-state index contributed by atoms with van der Waals surface area (Å²) in [7, 11) is 4.59. The third-order valence-electron chi connectivity index (χ3n) is 4.75. The van der Waals surface area contributed by atoms with Crippen molar-refractivity contribution in [2.24, 2.45) is 4.99 Å². The number of para-hydroxylation sites is 1. The number of nitrogens with zero attached hydrogens (tertiary/aromatic N) is 1. The van der Waals surface area contributed by atoms with Crippen LogP contribution in [-0.4, -0.2) is 39.3 Å². The van der Waals surface area contributed by atoms with Crippen molar-refractivity contribution in [2.45, 2.75) is 13.2 Å². The molecule has 4 rings (SSSR count). The monoisotopic (exact) mass is 380 g/mol. The molecule has 0 aromatic heterocycles. The first-order valence-corrected chi connectivity index (χ1v) is 8.73. The van der Waals surface area contributed by atoms with Gasteiger partial charge in [0, 0.05) is 5.56 Å². The van der Waals surface area contributed by atoms with Gasteiger partial charge in [-0.05, 0) is 30.7 Å². The normalized spacial score (nSPS) is 17.3. The third kappa shape index (κ3) is 2.76. The second-order valence-corrected chi connectivity index (χ2v) is 6.38. The van der Waals surface area contributed by atoms with Gasteiger partial charge < -0.3 is 24.3 Å². The molecule has 0 aliphatic carbocycles. The Labute approximate surface area is 162 Å². The van der Waals surface area contributed by atoms with Crippen molar-refractivity contribution in [3.05, 3.63) is 52.6 Å². The zero-order valence-electron chi connectivity index (χ0n) is 16.0. The highest BCUT2D eigenvalue weighted by Crippen LogP contribution is 2.41. The van der Waals surface area contributed by atoms with Crippen LogP contribution in [0.5, 0.6) is 23.0 Å². The van der Waals surface area contributed by atoms with E-state index in [-0.39, 0.29) is 5.91 Å². The van der Waals surface area contributed by atoms with Crippen LogP contribution in [0.4, 0.5) is 0 Å². The Hall–Kier alpha value is -3.48. The van der Waals surface area contributed by atoms with Gasteiger partial charge in [0.15, 0.2) is 11.5 Å². The Morgan fingerprint density at radius 2 is 1.82 bits per heavy atom. The van der Waals surface area contributed by atoms with Gasteiger partial charge in [0.25, 0.3) is 5.91 Å². The van der Waals surface area contributed by atoms with Gasteiger partial charge in [-0.3, -0.25) is 4.79 Å². The molecule has 2 aromatic carbocycles. The molecule has 2 aliphatic heterocycles. The quantitative estimate of drug-likeness (QED) is 0.882. The molecule has 2 aliphatic rings. The summed E-state index contributed by atoms with van der Waals surface area (Å²) in [6, 6.07) is 9.30. The summed E-state index contributed by atoms with van der Waals surface area (Å²) in [6.45, 7) is 1.96. The van der Waals surface area contributed by atoms with Crippen molar-refractivity contribution in [3.8, 4) is 23.0 Å². The van der Waals surface area contributed by atoms with Crippen LogP contribution in [0.15, 0.2) is 40.9 Å². The van der Waals surface area contributed by atoms with Gasteiger partial charge in [-0.1, -0.05) is 18.2 Å². The zero-order chi connectivity index (χ0) is 19.8. The molecule has 0 fully saturated rings. The highest BCUT2D eigenvalue weighted by molar-refractivity contribution is 6.17. The summed E-state index contributed by atoms with van der Waals surface area (Å²) in [6.07, 6.45) is 1.09. The van der Waals surface area contributed by atoms with Gasteiger partial charge in [0.1, 0.15) is 11.6 Å². The molecule has 0 unspecified atom stereocenters. The van der Waals surface area contributed by atoms with E-state index in [0.717, 1.165) is 16.9 Å². The fourth-order valence-electron chi connectivity index (χ4n) is 3.39. The molecule has 1 amide bonds. The molecular weight excluding hydrogens is 360 g/mol. The fourth-order valence-corrected chi connectivity index (χ4v) is 3.39. The van der Waals surface area contributed by atoms with Crippen LogP contribution in [0.3, 0.4) is 0 Å². The van der Waals surface area contributed by atoms with E-state index in [9.17, 15) is 4.79 Å². The maximum atomic E-state index is 12.7. The minimum atomic E-state index is -0.727. The Morgan fingerprint density at radius 1 is 1.04 bits per heavy atom. The topological polar surface area (TPSA) is 78.4 Å². The second-order valence-electron chi connectivity index (χ2n) is 6.38. The van der Waals surface area contributed by atoms with Gasteiger partial charge >= 0.3 is 0 Å². The third-order valence-corrected chi connectivity index (χ3v) is 4.75. The summed E-state index contributed by atoms with van der Waals surface area (Å²) < 4.78 is 22.3. The molecule has 0 saturated carbocycles. The van der Waals surface area contributed by atoms with E-state index in [1.54, 1.807) is 19.2 Å². The van der Waals surface area contributed by atoms with Crippen molar-refractivity contribution in [2.75, 3.05) is 21.3 Å². The number of carbonyl (C=O) groups excluding carboxylic acids is 1. The molecule has 1 N–H and O–H groups in total. The van der Waals surface area contributed by atoms with E-state index in [4.69, 9.17) is 18.9 Å². The molecule has 2 aromatic rings. The number of ether oxygens (including phenoxy) is 4. The van der Waals surface area contributed by atoms with Crippen LogP contribution in [0.2, 0.25) is 0 Å². The first-order chi connectivity index (χ1) is 13.6. The predicted octanol–water partition coefficient (Wildman–Crippen LogP) is 2.70. The molecule has 0 saturated heterocycles. The number of fused-ring (bicyclic) bond motifs is 2.